The van der Waals surface area contributed by atoms with Crippen molar-refractivity contribution in [1.29, 1.82) is 0 Å². The standard InChI is InChI=1S/C25H31N5O6S/c1-15-7-9-17(10-8-15)37(31,32)33-13-19-20-21(36-25(3,4)35-20)24(34-19)30-12-11-18-22(26-14-29(5)6)27-16(2)28-23(18)30/h7-12,14,19-21,24H,13H2,1-6H3/t19-,20-,21-,24-/m1/s1. The quantitative estimate of drug-likeness (QED) is 0.258. The van der Waals surface area contributed by atoms with E-state index in [2.05, 4.69) is 15.0 Å². The van der Waals surface area contributed by atoms with Gasteiger partial charge >= 0.3 is 0 Å². The van der Waals surface area contributed by atoms with Crippen LogP contribution < -0.4 is 0 Å². The Kier molecular flexibility index (Phi) is 6.57. The maximum absolute atomic E-state index is 12.8. The Balaban J connectivity index is 1.44. The van der Waals surface area contributed by atoms with Gasteiger partial charge in [0.25, 0.3) is 10.1 Å². The van der Waals surface area contributed by atoms with E-state index in [1.54, 1.807) is 25.4 Å². The van der Waals surface area contributed by atoms with Gasteiger partial charge in [0.15, 0.2) is 17.8 Å². The fourth-order valence-corrected chi connectivity index (χ4v) is 5.46. The summed E-state index contributed by atoms with van der Waals surface area (Å²) in [7, 11) is -0.213. The molecule has 3 aromatic rings. The highest BCUT2D eigenvalue weighted by molar-refractivity contribution is 7.86. The fraction of sp³-hybridized carbons (Fsp3) is 0.480. The Labute approximate surface area is 216 Å². The van der Waals surface area contributed by atoms with Crippen molar-refractivity contribution in [3.8, 4) is 0 Å². The lowest BCUT2D eigenvalue weighted by atomic mass is 10.1. The molecule has 0 amide bonds. The zero-order valence-corrected chi connectivity index (χ0v) is 22.5. The average molecular weight is 530 g/mol. The third kappa shape index (κ3) is 5.12. The van der Waals surface area contributed by atoms with Crippen LogP contribution in [0.2, 0.25) is 0 Å². The van der Waals surface area contributed by atoms with Gasteiger partial charge in [-0.25, -0.2) is 15.0 Å². The number of aromatic nitrogens is 3. The molecule has 198 valence electrons. The molecule has 12 heteroatoms. The van der Waals surface area contributed by atoms with E-state index in [4.69, 9.17) is 18.4 Å². The van der Waals surface area contributed by atoms with Crippen molar-refractivity contribution in [2.75, 3.05) is 20.7 Å². The largest absolute Gasteiger partial charge is 0.369 e. The first-order valence-electron chi connectivity index (χ1n) is 12.0. The molecule has 2 aliphatic rings. The molecule has 0 radical (unpaired) electrons. The molecule has 0 saturated carbocycles. The lowest BCUT2D eigenvalue weighted by molar-refractivity contribution is -0.198. The van der Waals surface area contributed by atoms with E-state index in [-0.39, 0.29) is 11.5 Å². The Morgan fingerprint density at radius 2 is 1.81 bits per heavy atom. The minimum atomic E-state index is -3.98. The molecule has 2 aromatic heterocycles. The van der Waals surface area contributed by atoms with Crippen molar-refractivity contribution < 1.29 is 26.8 Å². The summed E-state index contributed by atoms with van der Waals surface area (Å²) >= 11 is 0. The molecule has 0 N–H and O–H groups in total. The summed E-state index contributed by atoms with van der Waals surface area (Å²) < 4.78 is 51.5. The van der Waals surface area contributed by atoms with Crippen molar-refractivity contribution in [1.82, 2.24) is 19.4 Å². The lowest BCUT2D eigenvalue weighted by Crippen LogP contribution is -2.33. The number of ether oxygens (including phenoxy) is 3. The van der Waals surface area contributed by atoms with Crippen molar-refractivity contribution in [3.63, 3.8) is 0 Å². The van der Waals surface area contributed by atoms with Crippen LogP contribution in [0.5, 0.6) is 0 Å². The van der Waals surface area contributed by atoms with E-state index in [9.17, 15) is 8.42 Å². The van der Waals surface area contributed by atoms with E-state index in [0.29, 0.717) is 17.3 Å². The molecular formula is C25H31N5O6S. The number of aliphatic imine (C=N–C) groups is 1. The Morgan fingerprint density at radius 3 is 2.51 bits per heavy atom. The molecule has 2 fully saturated rings. The molecule has 0 spiro atoms. The number of hydrogen-bond acceptors (Lipinski definition) is 9. The first-order valence-corrected chi connectivity index (χ1v) is 13.4. The first-order chi connectivity index (χ1) is 17.4. The van der Waals surface area contributed by atoms with Gasteiger partial charge in [-0.05, 0) is 45.9 Å². The first kappa shape index (κ1) is 25.7. The second-order valence-electron chi connectivity index (χ2n) is 9.94. The van der Waals surface area contributed by atoms with E-state index < -0.39 is 40.4 Å². The van der Waals surface area contributed by atoms with Crippen LogP contribution >= 0.6 is 0 Å². The summed E-state index contributed by atoms with van der Waals surface area (Å²) in [6.45, 7) is 7.10. The molecule has 37 heavy (non-hydrogen) atoms. The number of hydrogen-bond donors (Lipinski definition) is 0. The number of rotatable bonds is 7. The Morgan fingerprint density at radius 1 is 1.11 bits per heavy atom. The van der Waals surface area contributed by atoms with Crippen molar-refractivity contribution in [2.24, 2.45) is 4.99 Å². The number of nitrogens with zero attached hydrogens (tertiary/aromatic N) is 5. The molecule has 4 heterocycles. The van der Waals surface area contributed by atoms with Crippen molar-refractivity contribution in [3.05, 3.63) is 47.9 Å². The molecule has 4 atom stereocenters. The maximum Gasteiger partial charge on any atom is 0.297 e. The highest BCUT2D eigenvalue weighted by Gasteiger charge is 2.56. The van der Waals surface area contributed by atoms with Gasteiger partial charge in [0.1, 0.15) is 29.8 Å². The van der Waals surface area contributed by atoms with E-state index in [1.807, 2.05) is 56.6 Å². The van der Waals surface area contributed by atoms with Gasteiger partial charge in [0, 0.05) is 20.3 Å². The second-order valence-corrected chi connectivity index (χ2v) is 11.6. The molecule has 0 unspecified atom stereocenters. The predicted octanol–water partition coefficient (Wildman–Crippen LogP) is 3.09. The summed E-state index contributed by atoms with van der Waals surface area (Å²) in [6.07, 6.45) is 1.16. The van der Waals surface area contributed by atoms with Crippen LogP contribution in [0.15, 0.2) is 46.4 Å². The van der Waals surface area contributed by atoms with Gasteiger partial charge in [-0.1, -0.05) is 17.7 Å². The summed E-state index contributed by atoms with van der Waals surface area (Å²) in [5.41, 5.74) is 1.58. The van der Waals surface area contributed by atoms with Gasteiger partial charge in [-0.15, -0.1) is 0 Å². The summed E-state index contributed by atoms with van der Waals surface area (Å²) in [5, 5.41) is 0.753. The van der Waals surface area contributed by atoms with E-state index in [0.717, 1.165) is 10.9 Å². The van der Waals surface area contributed by atoms with Crippen LogP contribution in [-0.4, -0.2) is 79.0 Å². The third-order valence-electron chi connectivity index (χ3n) is 6.17. The maximum atomic E-state index is 12.8. The zero-order chi connectivity index (χ0) is 26.5. The van der Waals surface area contributed by atoms with Crippen molar-refractivity contribution >= 4 is 33.3 Å². The third-order valence-corrected chi connectivity index (χ3v) is 7.47. The van der Waals surface area contributed by atoms with Crippen LogP contribution in [0.3, 0.4) is 0 Å². The molecular weight excluding hydrogens is 498 g/mol. The number of aryl methyl sites for hydroxylation is 2. The van der Waals surface area contributed by atoms with Crippen LogP contribution in [0, 0.1) is 13.8 Å². The second kappa shape index (κ2) is 9.44. The van der Waals surface area contributed by atoms with Crippen LogP contribution in [-0.2, 0) is 28.5 Å². The van der Waals surface area contributed by atoms with Gasteiger partial charge in [-0.2, -0.15) is 8.42 Å². The average Bonchev–Trinajstić information content (AvgIpc) is 3.47. The molecule has 2 aliphatic heterocycles. The van der Waals surface area contributed by atoms with E-state index in [1.165, 1.54) is 12.1 Å². The molecule has 1 aromatic carbocycles. The summed E-state index contributed by atoms with van der Waals surface area (Å²) in [4.78, 5) is 15.5. The molecule has 0 aliphatic carbocycles. The number of benzene rings is 1. The molecule has 5 rings (SSSR count). The summed E-state index contributed by atoms with van der Waals surface area (Å²) in [6, 6.07) is 8.37. The van der Waals surface area contributed by atoms with Crippen LogP contribution in [0.1, 0.15) is 31.5 Å². The molecule has 2 saturated heterocycles. The van der Waals surface area contributed by atoms with Gasteiger partial charge < -0.3 is 23.7 Å². The topological polar surface area (TPSA) is 117 Å². The minimum Gasteiger partial charge on any atom is -0.369 e. The SMILES string of the molecule is Cc1ccc(S(=O)(=O)OC[C@H]2O[C@@H](n3ccc4c(N=CN(C)C)nc(C)nc43)[C@@H]3OC(C)(C)O[C@@H]32)cc1. The van der Waals surface area contributed by atoms with Gasteiger partial charge in [0.05, 0.1) is 23.2 Å². The minimum absolute atomic E-state index is 0.0857. The predicted molar refractivity (Wildman–Crippen MR) is 136 cm³/mol. The highest BCUT2D eigenvalue weighted by Crippen LogP contribution is 2.44. The normalized spacial score (nSPS) is 25.2. The lowest BCUT2D eigenvalue weighted by Gasteiger charge is -2.25. The summed E-state index contributed by atoms with van der Waals surface area (Å²) in [5.74, 6) is 0.221. The Bertz CT molecular complexity index is 1430. The Hall–Kier alpha value is -2.90. The van der Waals surface area contributed by atoms with E-state index >= 15 is 0 Å². The van der Waals surface area contributed by atoms with Crippen LogP contribution in [0.25, 0.3) is 11.0 Å². The van der Waals surface area contributed by atoms with Crippen LogP contribution in [0.4, 0.5) is 5.82 Å². The number of fused-ring (bicyclic) bond motifs is 2. The molecule has 11 nitrogen and oxygen atoms in total. The van der Waals surface area contributed by atoms with Gasteiger partial charge in [0.2, 0.25) is 0 Å². The van der Waals surface area contributed by atoms with Crippen molar-refractivity contribution in [2.45, 2.75) is 62.9 Å². The zero-order valence-electron chi connectivity index (χ0n) is 21.7. The highest BCUT2D eigenvalue weighted by atomic mass is 32.2. The smallest absolute Gasteiger partial charge is 0.297 e. The fourth-order valence-electron chi connectivity index (χ4n) is 4.54. The monoisotopic (exact) mass is 529 g/mol. The molecule has 0 bridgehead atoms. The van der Waals surface area contributed by atoms with Gasteiger partial charge in [-0.3, -0.25) is 4.18 Å².